The third kappa shape index (κ3) is 7.27. The predicted octanol–water partition coefficient (Wildman–Crippen LogP) is 7.76. The van der Waals surface area contributed by atoms with E-state index in [4.69, 9.17) is 0 Å². The van der Waals surface area contributed by atoms with Crippen molar-refractivity contribution in [1.29, 1.82) is 0 Å². The van der Waals surface area contributed by atoms with Gasteiger partial charge in [0.05, 0.1) is 0 Å². The molecule has 0 nitrogen and oxygen atoms in total. The second-order valence-electron chi connectivity index (χ2n) is 8.94. The lowest BCUT2D eigenvalue weighted by Gasteiger charge is -2.36. The van der Waals surface area contributed by atoms with E-state index in [0.717, 1.165) is 17.8 Å². The van der Waals surface area contributed by atoms with Crippen LogP contribution >= 0.6 is 0 Å². The molecule has 0 aromatic carbocycles. The summed E-state index contributed by atoms with van der Waals surface area (Å²) in [4.78, 5) is 0. The Bertz CT molecular complexity index is 332. The predicted molar refractivity (Wildman–Crippen MR) is 108 cm³/mol. The summed E-state index contributed by atoms with van der Waals surface area (Å²) in [5.41, 5.74) is 0.393. The summed E-state index contributed by atoms with van der Waals surface area (Å²) in [6, 6.07) is 0. The van der Waals surface area contributed by atoms with Crippen molar-refractivity contribution in [1.82, 2.24) is 0 Å². The minimum absolute atomic E-state index is 0.393. The normalized spacial score (nSPS) is 20.2. The van der Waals surface area contributed by atoms with Crippen molar-refractivity contribution < 1.29 is 0 Å². The van der Waals surface area contributed by atoms with E-state index in [1.54, 1.807) is 0 Å². The summed E-state index contributed by atoms with van der Waals surface area (Å²) in [6.07, 6.45) is 9.49. The molecule has 0 N–H and O–H groups in total. The van der Waals surface area contributed by atoms with Crippen LogP contribution in [0.5, 0.6) is 0 Å². The minimum atomic E-state index is 0.393. The Morgan fingerprint density at radius 1 is 0.870 bits per heavy atom. The van der Waals surface area contributed by atoms with Crippen LogP contribution < -0.4 is 0 Å². The van der Waals surface area contributed by atoms with E-state index in [9.17, 15) is 0 Å². The van der Waals surface area contributed by atoms with Gasteiger partial charge in [0, 0.05) is 0 Å². The Morgan fingerprint density at radius 2 is 1.43 bits per heavy atom. The summed E-state index contributed by atoms with van der Waals surface area (Å²) in [7, 11) is 0. The van der Waals surface area contributed by atoms with Crippen molar-refractivity contribution in [2.75, 3.05) is 0 Å². The fraction of sp³-hybridized carbons (Fsp3) is 0.826. The zero-order valence-electron chi connectivity index (χ0n) is 17.4. The Labute approximate surface area is 147 Å². The van der Waals surface area contributed by atoms with Gasteiger partial charge in [0.15, 0.2) is 0 Å². The molecule has 0 amide bonds. The lowest BCUT2D eigenvalue weighted by Crippen LogP contribution is -2.27. The van der Waals surface area contributed by atoms with E-state index in [2.05, 4.69) is 80.7 Å². The average Bonchev–Trinajstić information content (AvgIpc) is 2.51. The Balaban J connectivity index is 4.95. The molecule has 0 aliphatic heterocycles. The maximum absolute atomic E-state index is 4.19. The molecule has 0 saturated carbocycles. The van der Waals surface area contributed by atoms with E-state index in [0.29, 0.717) is 23.2 Å². The zero-order chi connectivity index (χ0) is 18.2. The first-order chi connectivity index (χ1) is 10.6. The molecule has 0 aromatic rings. The first-order valence-corrected chi connectivity index (χ1v) is 9.87. The molecule has 0 heterocycles. The smallest absolute Gasteiger partial charge is 0.0205 e. The molecule has 6 atom stereocenters. The molecule has 0 radical (unpaired) electrons. The second-order valence-corrected chi connectivity index (χ2v) is 8.94. The molecule has 0 aromatic heterocycles. The highest BCUT2D eigenvalue weighted by Crippen LogP contribution is 2.39. The van der Waals surface area contributed by atoms with E-state index in [1.165, 1.54) is 25.7 Å². The fourth-order valence-corrected chi connectivity index (χ4v) is 4.01. The van der Waals surface area contributed by atoms with Crippen LogP contribution in [0.4, 0.5) is 0 Å². The molecule has 0 saturated heterocycles. The van der Waals surface area contributed by atoms with E-state index in [-0.39, 0.29) is 0 Å². The van der Waals surface area contributed by atoms with Crippen LogP contribution in [0.2, 0.25) is 0 Å². The maximum atomic E-state index is 4.19. The SMILES string of the molecule is C=CC(C)C(C)C(C)CC(CC)C(C=C)CC(CC)C(C)(C)C. The second kappa shape index (κ2) is 10.4. The van der Waals surface area contributed by atoms with Crippen LogP contribution in [0.25, 0.3) is 0 Å². The first-order valence-electron chi connectivity index (χ1n) is 9.87. The topological polar surface area (TPSA) is 0 Å². The molecule has 0 aliphatic carbocycles. The van der Waals surface area contributed by atoms with Gasteiger partial charge >= 0.3 is 0 Å². The Hall–Kier alpha value is -0.520. The quantitative estimate of drug-likeness (QED) is 0.341. The van der Waals surface area contributed by atoms with Crippen molar-refractivity contribution >= 4 is 0 Å². The van der Waals surface area contributed by atoms with Gasteiger partial charge in [-0.2, -0.15) is 0 Å². The molecule has 136 valence electrons. The van der Waals surface area contributed by atoms with Gasteiger partial charge < -0.3 is 0 Å². The highest BCUT2D eigenvalue weighted by Gasteiger charge is 2.29. The molecule has 0 rings (SSSR count). The van der Waals surface area contributed by atoms with E-state index >= 15 is 0 Å². The average molecular weight is 321 g/mol. The van der Waals surface area contributed by atoms with Gasteiger partial charge in [-0.15, -0.1) is 13.2 Å². The zero-order valence-corrected chi connectivity index (χ0v) is 17.4. The van der Waals surface area contributed by atoms with Gasteiger partial charge in [0.1, 0.15) is 0 Å². The summed E-state index contributed by atoms with van der Waals surface area (Å²) in [6.45, 7) is 27.1. The number of hydrogen-bond donors (Lipinski definition) is 0. The summed E-state index contributed by atoms with van der Waals surface area (Å²) in [5, 5.41) is 0. The van der Waals surface area contributed by atoms with Crippen LogP contribution in [0, 0.1) is 40.9 Å². The van der Waals surface area contributed by atoms with Crippen molar-refractivity contribution in [3.63, 3.8) is 0 Å². The van der Waals surface area contributed by atoms with Crippen LogP contribution in [-0.2, 0) is 0 Å². The summed E-state index contributed by atoms with van der Waals surface area (Å²) < 4.78 is 0. The van der Waals surface area contributed by atoms with Gasteiger partial charge in [-0.25, -0.2) is 0 Å². The van der Waals surface area contributed by atoms with Crippen molar-refractivity contribution in [2.24, 2.45) is 40.9 Å². The third-order valence-corrected chi connectivity index (χ3v) is 6.48. The van der Waals surface area contributed by atoms with Gasteiger partial charge in [-0.05, 0) is 53.8 Å². The Kier molecular flexibility index (Phi) is 10.1. The van der Waals surface area contributed by atoms with Gasteiger partial charge in [-0.1, -0.05) is 80.4 Å². The maximum Gasteiger partial charge on any atom is -0.0205 e. The lowest BCUT2D eigenvalue weighted by molar-refractivity contribution is 0.158. The number of hydrogen-bond acceptors (Lipinski definition) is 0. The van der Waals surface area contributed by atoms with E-state index in [1.807, 2.05) is 0 Å². The van der Waals surface area contributed by atoms with Crippen LogP contribution in [0.15, 0.2) is 25.3 Å². The number of rotatable bonds is 11. The highest BCUT2D eigenvalue weighted by atomic mass is 14.3. The molecule has 23 heavy (non-hydrogen) atoms. The Morgan fingerprint density at radius 3 is 1.78 bits per heavy atom. The number of allylic oxidation sites excluding steroid dienone is 2. The van der Waals surface area contributed by atoms with Crippen LogP contribution in [0.3, 0.4) is 0 Å². The summed E-state index contributed by atoms with van der Waals surface area (Å²) in [5.74, 6) is 4.24. The van der Waals surface area contributed by atoms with Gasteiger partial charge in [0.25, 0.3) is 0 Å². The molecule has 0 fully saturated rings. The molecular weight excluding hydrogens is 276 g/mol. The first kappa shape index (κ1) is 22.5. The molecular formula is C23H44. The van der Waals surface area contributed by atoms with Crippen LogP contribution in [-0.4, -0.2) is 0 Å². The van der Waals surface area contributed by atoms with Gasteiger partial charge in [0.2, 0.25) is 0 Å². The van der Waals surface area contributed by atoms with Crippen molar-refractivity contribution in [3.8, 4) is 0 Å². The molecule has 0 aliphatic rings. The molecule has 0 spiro atoms. The molecule has 6 unspecified atom stereocenters. The molecule has 0 bridgehead atoms. The monoisotopic (exact) mass is 320 g/mol. The molecule has 0 heteroatoms. The van der Waals surface area contributed by atoms with E-state index < -0.39 is 0 Å². The van der Waals surface area contributed by atoms with Crippen LogP contribution in [0.1, 0.15) is 81.1 Å². The third-order valence-electron chi connectivity index (χ3n) is 6.48. The van der Waals surface area contributed by atoms with Gasteiger partial charge in [-0.3, -0.25) is 0 Å². The fourth-order valence-electron chi connectivity index (χ4n) is 4.01. The lowest BCUT2D eigenvalue weighted by atomic mass is 9.69. The standard InChI is InChI=1S/C23H44/c1-11-17(5)19(7)18(6)15-20(12-2)21(13-3)16-22(14-4)23(8,9)10/h11,13,17-22H,1,3,12,14-16H2,2,4-10H3. The summed E-state index contributed by atoms with van der Waals surface area (Å²) >= 11 is 0. The van der Waals surface area contributed by atoms with Crippen molar-refractivity contribution in [2.45, 2.75) is 81.1 Å². The highest BCUT2D eigenvalue weighted by molar-refractivity contribution is 4.90. The van der Waals surface area contributed by atoms with Crippen molar-refractivity contribution in [3.05, 3.63) is 25.3 Å². The largest absolute Gasteiger partial charge is 0.103 e. The minimum Gasteiger partial charge on any atom is -0.103 e.